The van der Waals surface area contributed by atoms with E-state index in [4.69, 9.17) is 4.74 Å². The minimum absolute atomic E-state index is 0.173. The molecule has 1 aliphatic heterocycles. The van der Waals surface area contributed by atoms with E-state index >= 15 is 0 Å². The smallest absolute Gasteiger partial charge is 0.329 e. The molecule has 0 saturated carbocycles. The lowest BCUT2D eigenvalue weighted by molar-refractivity contribution is -0.151. The van der Waals surface area contributed by atoms with Gasteiger partial charge in [0.1, 0.15) is 6.04 Å². The zero-order valence-electron chi connectivity index (χ0n) is 15.7. The number of nitrogens with one attached hydrogen (secondary N) is 1. The molecule has 2 aromatic heterocycles. The second kappa shape index (κ2) is 8.30. The topological polar surface area (TPSA) is 88.6 Å². The molecule has 2 amide bonds. The molecular formula is C20H19N3O4S2. The van der Waals surface area contributed by atoms with Crippen LogP contribution in [-0.2, 0) is 14.3 Å². The van der Waals surface area contributed by atoms with Gasteiger partial charge in [-0.3, -0.25) is 14.9 Å². The van der Waals surface area contributed by atoms with Crippen LogP contribution in [0.5, 0.6) is 0 Å². The lowest BCUT2D eigenvalue weighted by Crippen LogP contribution is -2.41. The van der Waals surface area contributed by atoms with Crippen LogP contribution in [0.3, 0.4) is 0 Å². The highest BCUT2D eigenvalue weighted by Gasteiger charge is 2.36. The molecule has 150 valence electrons. The molecule has 0 aliphatic carbocycles. The lowest BCUT2D eigenvalue weighted by atomic mass is 10.2. The number of thiophene rings is 1. The van der Waals surface area contributed by atoms with Gasteiger partial charge in [-0.15, -0.1) is 11.3 Å². The molecule has 7 nitrogen and oxygen atoms in total. The first-order valence-electron chi connectivity index (χ1n) is 9.19. The second-order valence-corrected chi connectivity index (χ2v) is 8.76. The predicted octanol–water partition coefficient (Wildman–Crippen LogP) is 3.45. The van der Waals surface area contributed by atoms with E-state index in [1.54, 1.807) is 12.1 Å². The molecule has 29 heavy (non-hydrogen) atoms. The van der Waals surface area contributed by atoms with Gasteiger partial charge >= 0.3 is 5.97 Å². The highest BCUT2D eigenvalue weighted by molar-refractivity contribution is 7.22. The van der Waals surface area contributed by atoms with Gasteiger partial charge in [-0.2, -0.15) is 0 Å². The van der Waals surface area contributed by atoms with Crippen LogP contribution in [-0.4, -0.2) is 46.9 Å². The molecule has 3 aromatic rings. The van der Waals surface area contributed by atoms with Crippen molar-refractivity contribution in [3.8, 4) is 0 Å². The van der Waals surface area contributed by atoms with Crippen molar-refractivity contribution in [2.24, 2.45) is 0 Å². The first-order valence-corrected chi connectivity index (χ1v) is 10.9. The number of anilines is 1. The quantitative estimate of drug-likeness (QED) is 0.628. The van der Waals surface area contributed by atoms with Crippen LogP contribution >= 0.6 is 22.7 Å². The minimum Gasteiger partial charge on any atom is -0.454 e. The summed E-state index contributed by atoms with van der Waals surface area (Å²) in [6.45, 7) is 2.09. The first kappa shape index (κ1) is 19.5. The summed E-state index contributed by atoms with van der Waals surface area (Å²) in [4.78, 5) is 43.7. The molecule has 1 saturated heterocycles. The maximum Gasteiger partial charge on any atom is 0.329 e. The summed E-state index contributed by atoms with van der Waals surface area (Å²) in [6.07, 6.45) is 1.27. The number of carbonyl (C=O) groups is 3. The van der Waals surface area contributed by atoms with Crippen LogP contribution < -0.4 is 5.32 Å². The molecule has 1 atom stereocenters. The fourth-order valence-electron chi connectivity index (χ4n) is 3.27. The summed E-state index contributed by atoms with van der Waals surface area (Å²) in [6, 6.07) is 8.75. The van der Waals surface area contributed by atoms with Crippen molar-refractivity contribution in [1.82, 2.24) is 9.88 Å². The van der Waals surface area contributed by atoms with E-state index in [2.05, 4.69) is 10.3 Å². The van der Waals surface area contributed by atoms with Gasteiger partial charge in [0.2, 0.25) is 0 Å². The Labute approximate surface area is 175 Å². The summed E-state index contributed by atoms with van der Waals surface area (Å²) >= 11 is 2.71. The Morgan fingerprint density at radius 1 is 1.31 bits per heavy atom. The second-order valence-electron chi connectivity index (χ2n) is 6.78. The third kappa shape index (κ3) is 4.30. The predicted molar refractivity (Wildman–Crippen MR) is 112 cm³/mol. The first-order chi connectivity index (χ1) is 14.0. The number of likely N-dealkylation sites (tertiary alicyclic amines) is 1. The van der Waals surface area contributed by atoms with Gasteiger partial charge in [0.25, 0.3) is 11.8 Å². The Kier molecular flexibility index (Phi) is 5.59. The van der Waals surface area contributed by atoms with E-state index < -0.39 is 24.5 Å². The van der Waals surface area contributed by atoms with Gasteiger partial charge in [0.15, 0.2) is 11.7 Å². The van der Waals surface area contributed by atoms with Gasteiger partial charge in [0.05, 0.1) is 15.1 Å². The number of amides is 2. The Balaban J connectivity index is 1.33. The highest BCUT2D eigenvalue weighted by Crippen LogP contribution is 2.27. The summed E-state index contributed by atoms with van der Waals surface area (Å²) in [5.74, 6) is -1.18. The number of aromatic nitrogens is 1. The number of ether oxygens (including phenoxy) is 1. The van der Waals surface area contributed by atoms with E-state index in [1.807, 2.05) is 30.5 Å². The van der Waals surface area contributed by atoms with Crippen molar-refractivity contribution in [3.63, 3.8) is 0 Å². The van der Waals surface area contributed by atoms with Crippen molar-refractivity contribution in [2.75, 3.05) is 18.5 Å². The Morgan fingerprint density at radius 2 is 2.17 bits per heavy atom. The zero-order valence-corrected chi connectivity index (χ0v) is 17.3. The Bertz CT molecular complexity index is 1060. The minimum atomic E-state index is -0.650. The maximum atomic E-state index is 12.6. The average Bonchev–Trinajstić information content (AvgIpc) is 3.44. The van der Waals surface area contributed by atoms with Crippen LogP contribution in [0.25, 0.3) is 10.2 Å². The molecule has 1 N–H and O–H groups in total. The highest BCUT2D eigenvalue weighted by atomic mass is 32.1. The standard InChI is InChI=1S/C20H19N3O4S2/c1-12-6-7-13-16(10-12)29-20(21-13)22-17(24)11-27-19(26)14-4-2-8-23(14)18(25)15-5-3-9-28-15/h3,5-7,9-10,14H,2,4,8,11H2,1H3,(H,21,22,24). The van der Waals surface area contributed by atoms with Gasteiger partial charge in [-0.1, -0.05) is 23.5 Å². The molecule has 1 unspecified atom stereocenters. The van der Waals surface area contributed by atoms with E-state index in [1.165, 1.54) is 27.6 Å². The largest absolute Gasteiger partial charge is 0.454 e. The van der Waals surface area contributed by atoms with Gasteiger partial charge in [-0.05, 0) is 48.9 Å². The van der Waals surface area contributed by atoms with Crippen molar-refractivity contribution in [3.05, 3.63) is 46.2 Å². The number of thiazole rings is 1. The van der Waals surface area contributed by atoms with Gasteiger partial charge < -0.3 is 9.64 Å². The molecule has 0 radical (unpaired) electrons. The van der Waals surface area contributed by atoms with E-state index in [0.29, 0.717) is 23.0 Å². The van der Waals surface area contributed by atoms with E-state index in [-0.39, 0.29) is 5.91 Å². The third-order valence-corrected chi connectivity index (χ3v) is 6.44. The van der Waals surface area contributed by atoms with Crippen LogP contribution in [0.1, 0.15) is 28.1 Å². The zero-order chi connectivity index (χ0) is 20.4. The fourth-order valence-corrected chi connectivity index (χ4v) is 4.93. The summed E-state index contributed by atoms with van der Waals surface area (Å²) in [5.41, 5.74) is 1.92. The number of aryl methyl sites for hydroxylation is 1. The average molecular weight is 430 g/mol. The normalized spacial score (nSPS) is 16.2. The van der Waals surface area contributed by atoms with Crippen LogP contribution in [0.4, 0.5) is 5.13 Å². The lowest BCUT2D eigenvalue weighted by Gasteiger charge is -2.22. The number of hydrogen-bond acceptors (Lipinski definition) is 7. The number of esters is 1. The maximum absolute atomic E-state index is 12.6. The van der Waals surface area contributed by atoms with Crippen LogP contribution in [0.2, 0.25) is 0 Å². The fraction of sp³-hybridized carbons (Fsp3) is 0.300. The Hall–Kier alpha value is -2.78. The SMILES string of the molecule is Cc1ccc2nc(NC(=O)COC(=O)C3CCCN3C(=O)c3cccs3)sc2c1. The number of carbonyl (C=O) groups excluding carboxylic acids is 3. The molecule has 9 heteroatoms. The van der Waals surface area contributed by atoms with Crippen molar-refractivity contribution < 1.29 is 19.1 Å². The third-order valence-electron chi connectivity index (χ3n) is 4.65. The number of nitrogens with zero attached hydrogens (tertiary/aromatic N) is 2. The summed E-state index contributed by atoms with van der Waals surface area (Å²) in [5, 5.41) is 4.95. The van der Waals surface area contributed by atoms with Gasteiger partial charge in [-0.25, -0.2) is 9.78 Å². The molecule has 4 rings (SSSR count). The molecule has 1 aromatic carbocycles. The summed E-state index contributed by atoms with van der Waals surface area (Å²) in [7, 11) is 0. The molecule has 1 aliphatic rings. The van der Waals surface area contributed by atoms with Crippen molar-refractivity contribution >= 4 is 55.8 Å². The molecule has 0 spiro atoms. The van der Waals surface area contributed by atoms with Crippen molar-refractivity contribution in [2.45, 2.75) is 25.8 Å². The molecule has 3 heterocycles. The van der Waals surface area contributed by atoms with E-state index in [9.17, 15) is 14.4 Å². The van der Waals surface area contributed by atoms with E-state index in [0.717, 1.165) is 22.2 Å². The summed E-state index contributed by atoms with van der Waals surface area (Å²) < 4.78 is 6.16. The van der Waals surface area contributed by atoms with Crippen LogP contribution in [0.15, 0.2) is 35.7 Å². The van der Waals surface area contributed by atoms with Crippen molar-refractivity contribution in [1.29, 1.82) is 0 Å². The molecule has 1 fully saturated rings. The number of benzene rings is 1. The monoisotopic (exact) mass is 429 g/mol. The Morgan fingerprint density at radius 3 is 2.97 bits per heavy atom. The number of rotatable bonds is 5. The molecule has 0 bridgehead atoms. The molecular weight excluding hydrogens is 410 g/mol. The van der Waals surface area contributed by atoms with Crippen LogP contribution in [0, 0.1) is 6.92 Å². The number of hydrogen-bond donors (Lipinski definition) is 1. The number of fused-ring (bicyclic) bond motifs is 1. The van der Waals surface area contributed by atoms with Gasteiger partial charge in [0, 0.05) is 6.54 Å².